The minimum absolute atomic E-state index is 0.0387. The third-order valence-corrected chi connectivity index (χ3v) is 6.50. The van der Waals surface area contributed by atoms with Crippen LogP contribution in [0.4, 0.5) is 5.69 Å². The largest absolute Gasteiger partial charge is 0.452 e. The van der Waals surface area contributed by atoms with E-state index in [4.69, 9.17) is 20.8 Å². The van der Waals surface area contributed by atoms with Gasteiger partial charge in [-0.1, -0.05) is 41.4 Å². The Labute approximate surface area is 225 Å². The van der Waals surface area contributed by atoms with Crippen molar-refractivity contribution in [3.05, 3.63) is 103 Å². The number of aryl methyl sites for hydroxylation is 1. The third-order valence-electron chi connectivity index (χ3n) is 6.27. The topological polar surface area (TPSA) is 137 Å². The summed E-state index contributed by atoms with van der Waals surface area (Å²) in [6, 6.07) is 15.1. The highest BCUT2D eigenvalue weighted by Crippen LogP contribution is 2.32. The molecule has 10 nitrogen and oxygen atoms in total. The predicted molar refractivity (Wildman–Crippen MR) is 141 cm³/mol. The Hall–Kier alpha value is -4.83. The van der Waals surface area contributed by atoms with Crippen LogP contribution in [0, 0.1) is 17.0 Å². The van der Waals surface area contributed by atoms with Gasteiger partial charge in [0.1, 0.15) is 5.58 Å². The fourth-order valence-electron chi connectivity index (χ4n) is 4.28. The number of benzene rings is 3. The van der Waals surface area contributed by atoms with Gasteiger partial charge >= 0.3 is 5.97 Å². The monoisotopic (exact) mass is 546 g/mol. The van der Waals surface area contributed by atoms with Gasteiger partial charge in [-0.25, -0.2) is 0 Å². The van der Waals surface area contributed by atoms with Gasteiger partial charge < -0.3 is 9.15 Å². The summed E-state index contributed by atoms with van der Waals surface area (Å²) in [5, 5.41) is 11.5. The minimum atomic E-state index is -0.774. The molecule has 5 rings (SSSR count). The number of nitro groups is 1. The number of esters is 1. The molecular formula is C28H19ClN2O8. The van der Waals surface area contributed by atoms with Crippen LogP contribution >= 0.6 is 11.6 Å². The van der Waals surface area contributed by atoms with Crippen molar-refractivity contribution in [3.8, 4) is 17.1 Å². The smallest absolute Gasteiger partial charge is 0.311 e. The first kappa shape index (κ1) is 25.8. The Bertz CT molecular complexity index is 1740. The standard InChI is InChI=1S/C28H19ClN2O8/c1-15-4-6-16(7-5-15)25-26(24(33)21-13-17(29)8-11-22(21)38-25)39-23(32)3-2-12-30-27(34)19-10-9-18(31(36)37)14-20(19)28(30)35/h4-11,13-14H,2-3,12H2,1H3. The van der Waals surface area contributed by atoms with E-state index in [2.05, 4.69) is 0 Å². The maximum Gasteiger partial charge on any atom is 0.311 e. The van der Waals surface area contributed by atoms with Gasteiger partial charge in [-0.3, -0.25) is 34.2 Å². The molecular weight excluding hydrogens is 528 g/mol. The maximum atomic E-state index is 13.3. The lowest BCUT2D eigenvalue weighted by Gasteiger charge is -2.14. The molecule has 1 aliphatic heterocycles. The highest BCUT2D eigenvalue weighted by atomic mass is 35.5. The Morgan fingerprint density at radius 3 is 2.44 bits per heavy atom. The second kappa shape index (κ2) is 10.1. The zero-order valence-corrected chi connectivity index (χ0v) is 21.2. The van der Waals surface area contributed by atoms with E-state index in [-0.39, 0.29) is 58.7 Å². The van der Waals surface area contributed by atoms with Gasteiger partial charge in [-0.2, -0.15) is 0 Å². The van der Waals surface area contributed by atoms with Crippen molar-refractivity contribution >= 4 is 46.0 Å². The van der Waals surface area contributed by atoms with Crippen molar-refractivity contribution in [1.82, 2.24) is 4.90 Å². The molecule has 3 aromatic carbocycles. The molecule has 0 saturated heterocycles. The van der Waals surface area contributed by atoms with Crippen LogP contribution in [0.2, 0.25) is 5.02 Å². The minimum Gasteiger partial charge on any atom is -0.452 e. The van der Waals surface area contributed by atoms with E-state index < -0.39 is 28.1 Å². The quantitative estimate of drug-likeness (QED) is 0.131. The number of fused-ring (bicyclic) bond motifs is 2. The molecule has 0 fully saturated rings. The van der Waals surface area contributed by atoms with Crippen molar-refractivity contribution in [2.75, 3.05) is 6.54 Å². The molecule has 0 N–H and O–H groups in total. The zero-order valence-electron chi connectivity index (χ0n) is 20.4. The molecule has 196 valence electrons. The van der Waals surface area contributed by atoms with Gasteiger partial charge in [0, 0.05) is 35.7 Å². The van der Waals surface area contributed by atoms with Crippen LogP contribution < -0.4 is 10.2 Å². The highest BCUT2D eigenvalue weighted by Gasteiger charge is 2.36. The average Bonchev–Trinajstić information content (AvgIpc) is 3.15. The number of hydrogen-bond donors (Lipinski definition) is 0. The lowest BCUT2D eigenvalue weighted by molar-refractivity contribution is -0.384. The number of non-ortho nitro benzene ring substituents is 1. The Kier molecular flexibility index (Phi) is 6.71. The predicted octanol–water partition coefficient (Wildman–Crippen LogP) is 5.31. The average molecular weight is 547 g/mol. The Balaban J connectivity index is 1.35. The second-order valence-corrected chi connectivity index (χ2v) is 9.36. The van der Waals surface area contributed by atoms with Gasteiger partial charge in [0.15, 0.2) is 5.76 Å². The van der Waals surface area contributed by atoms with E-state index in [0.717, 1.165) is 22.6 Å². The van der Waals surface area contributed by atoms with Gasteiger partial charge in [0.25, 0.3) is 17.5 Å². The first-order chi connectivity index (χ1) is 18.6. The lowest BCUT2D eigenvalue weighted by Crippen LogP contribution is -2.31. The summed E-state index contributed by atoms with van der Waals surface area (Å²) in [7, 11) is 0. The first-order valence-electron chi connectivity index (χ1n) is 11.8. The number of halogens is 1. The summed E-state index contributed by atoms with van der Waals surface area (Å²) < 4.78 is 11.4. The fraction of sp³-hybridized carbons (Fsp3) is 0.143. The van der Waals surface area contributed by atoms with Crippen LogP contribution in [0.15, 0.2) is 69.9 Å². The third kappa shape index (κ3) is 4.89. The maximum absolute atomic E-state index is 13.3. The number of imide groups is 1. The summed E-state index contributed by atoms with van der Waals surface area (Å²) in [6.07, 6.45) is -0.190. The lowest BCUT2D eigenvalue weighted by atomic mass is 10.1. The molecule has 0 atom stereocenters. The summed E-state index contributed by atoms with van der Waals surface area (Å²) in [5.74, 6) is -2.28. The number of ether oxygens (including phenoxy) is 1. The van der Waals surface area contributed by atoms with Crippen molar-refractivity contribution in [3.63, 3.8) is 0 Å². The molecule has 2 heterocycles. The molecule has 0 spiro atoms. The Morgan fingerprint density at radius 2 is 1.72 bits per heavy atom. The normalized spacial score (nSPS) is 12.6. The van der Waals surface area contributed by atoms with E-state index in [9.17, 15) is 29.3 Å². The van der Waals surface area contributed by atoms with Crippen molar-refractivity contribution in [2.45, 2.75) is 19.8 Å². The van der Waals surface area contributed by atoms with Gasteiger partial charge in [0.2, 0.25) is 11.2 Å². The van der Waals surface area contributed by atoms with Crippen LogP contribution in [0.25, 0.3) is 22.3 Å². The Morgan fingerprint density at radius 1 is 1.00 bits per heavy atom. The molecule has 11 heteroatoms. The molecule has 0 saturated carbocycles. The summed E-state index contributed by atoms with van der Waals surface area (Å²) >= 11 is 6.05. The molecule has 2 amide bonds. The highest BCUT2D eigenvalue weighted by molar-refractivity contribution is 6.31. The first-order valence-corrected chi connectivity index (χ1v) is 12.2. The number of carbonyl (C=O) groups excluding carboxylic acids is 3. The molecule has 1 aliphatic rings. The van der Waals surface area contributed by atoms with Crippen LogP contribution in [0.1, 0.15) is 39.1 Å². The van der Waals surface area contributed by atoms with Crippen LogP contribution in [0.5, 0.6) is 5.75 Å². The number of carbonyl (C=O) groups is 3. The van der Waals surface area contributed by atoms with Gasteiger partial charge in [0.05, 0.1) is 21.4 Å². The number of nitrogens with zero attached hydrogens (tertiary/aromatic N) is 2. The van der Waals surface area contributed by atoms with Gasteiger partial charge in [-0.05, 0) is 37.6 Å². The second-order valence-electron chi connectivity index (χ2n) is 8.92. The van der Waals surface area contributed by atoms with E-state index >= 15 is 0 Å². The molecule has 0 aliphatic carbocycles. The zero-order chi connectivity index (χ0) is 27.8. The SMILES string of the molecule is Cc1ccc(-c2oc3ccc(Cl)cc3c(=O)c2OC(=O)CCCN2C(=O)c3ccc([N+](=O)[O-])cc3C2=O)cc1. The summed E-state index contributed by atoms with van der Waals surface area (Å²) in [4.78, 5) is 62.7. The molecule has 0 unspecified atom stereocenters. The van der Waals surface area contributed by atoms with Crippen molar-refractivity contribution in [2.24, 2.45) is 0 Å². The van der Waals surface area contributed by atoms with Crippen LogP contribution in [-0.2, 0) is 4.79 Å². The van der Waals surface area contributed by atoms with Gasteiger partial charge in [-0.15, -0.1) is 0 Å². The van der Waals surface area contributed by atoms with Crippen molar-refractivity contribution in [1.29, 1.82) is 0 Å². The number of rotatable bonds is 7. The summed E-state index contributed by atoms with van der Waals surface area (Å²) in [5.41, 5.74) is 0.887. The molecule has 1 aromatic heterocycles. The van der Waals surface area contributed by atoms with Crippen LogP contribution in [0.3, 0.4) is 0 Å². The van der Waals surface area contributed by atoms with E-state index in [1.807, 2.05) is 19.1 Å². The molecule has 4 aromatic rings. The summed E-state index contributed by atoms with van der Waals surface area (Å²) in [6.45, 7) is 1.78. The molecule has 0 radical (unpaired) electrons. The van der Waals surface area contributed by atoms with E-state index in [1.165, 1.54) is 12.1 Å². The van der Waals surface area contributed by atoms with Crippen LogP contribution in [-0.4, -0.2) is 34.2 Å². The number of nitro benzene ring substituents is 1. The van der Waals surface area contributed by atoms with E-state index in [1.54, 1.807) is 24.3 Å². The molecule has 39 heavy (non-hydrogen) atoms. The molecule has 0 bridgehead atoms. The van der Waals surface area contributed by atoms with E-state index in [0.29, 0.717) is 10.6 Å². The fourth-order valence-corrected chi connectivity index (χ4v) is 4.45. The number of hydrogen-bond acceptors (Lipinski definition) is 8. The number of amides is 2. The van der Waals surface area contributed by atoms with Crippen molar-refractivity contribution < 1.29 is 28.5 Å².